The zero-order valence-corrected chi connectivity index (χ0v) is 7.07. The van der Waals surface area contributed by atoms with Gasteiger partial charge in [-0.25, -0.2) is 0 Å². The molecule has 1 aliphatic heterocycles. The van der Waals surface area contributed by atoms with E-state index in [1.807, 2.05) is 0 Å². The smallest absolute Gasteiger partial charge is 0.0590 e. The Morgan fingerprint density at radius 3 is 1.89 bits per heavy atom. The van der Waals surface area contributed by atoms with E-state index in [2.05, 4.69) is 25.7 Å². The Morgan fingerprint density at radius 2 is 1.78 bits per heavy atom. The molecular weight excluding hydrogens is 134 g/mol. The van der Waals surface area contributed by atoms with Crippen molar-refractivity contribution < 1.29 is 0 Å². The lowest BCUT2D eigenvalue weighted by Gasteiger charge is -2.45. The Bertz CT molecular complexity index is 100.0. The predicted molar refractivity (Wildman–Crippen MR) is 41.0 cm³/mol. The fourth-order valence-corrected chi connectivity index (χ4v) is 1.31. The van der Waals surface area contributed by atoms with Gasteiger partial charge in [0, 0.05) is 18.6 Å². The van der Waals surface area contributed by atoms with Gasteiger partial charge in [0.2, 0.25) is 0 Å². The van der Waals surface area contributed by atoms with Crippen LogP contribution in [0.5, 0.6) is 0 Å². The van der Waals surface area contributed by atoms with E-state index in [4.69, 9.17) is 11.6 Å². The second-order valence-corrected chi connectivity index (χ2v) is 4.29. The molecule has 1 heterocycles. The molecule has 1 rings (SSSR count). The molecule has 0 aromatic carbocycles. The van der Waals surface area contributed by atoms with E-state index in [1.165, 1.54) is 0 Å². The van der Waals surface area contributed by atoms with Gasteiger partial charge in [-0.1, -0.05) is 0 Å². The Hall–Kier alpha value is 0.250. The maximum absolute atomic E-state index is 5.81. The van der Waals surface area contributed by atoms with Crippen LogP contribution >= 0.6 is 11.6 Å². The molecule has 0 unspecified atom stereocenters. The van der Waals surface area contributed by atoms with Crippen LogP contribution in [-0.2, 0) is 0 Å². The Labute approximate surface area is 62.0 Å². The second-order valence-electron chi connectivity index (χ2n) is 3.67. The topological polar surface area (TPSA) is 3.24 Å². The molecule has 1 nitrogen and oxygen atoms in total. The summed E-state index contributed by atoms with van der Waals surface area (Å²) in [7, 11) is 0. The fraction of sp³-hybridized carbons (Fsp3) is 1.00. The first-order valence-corrected chi connectivity index (χ1v) is 3.83. The molecule has 9 heavy (non-hydrogen) atoms. The number of likely N-dealkylation sites (tertiary alicyclic amines) is 1. The summed E-state index contributed by atoms with van der Waals surface area (Å²) in [6.07, 6.45) is 0. The lowest BCUT2D eigenvalue weighted by atomic mass is 10.0. The van der Waals surface area contributed by atoms with Gasteiger partial charge in [0.05, 0.1) is 5.38 Å². The summed E-state index contributed by atoms with van der Waals surface area (Å²) in [5.41, 5.74) is 0.325. The third-order valence-electron chi connectivity index (χ3n) is 1.79. The van der Waals surface area contributed by atoms with Gasteiger partial charge in [0.15, 0.2) is 0 Å². The van der Waals surface area contributed by atoms with Crippen molar-refractivity contribution >= 4 is 11.6 Å². The Kier molecular flexibility index (Phi) is 1.75. The number of nitrogens with zero attached hydrogens (tertiary/aromatic N) is 1. The monoisotopic (exact) mass is 147 g/mol. The molecule has 0 bridgehead atoms. The van der Waals surface area contributed by atoms with Gasteiger partial charge in [0.1, 0.15) is 0 Å². The number of hydrogen-bond acceptors (Lipinski definition) is 1. The molecule has 1 aliphatic rings. The van der Waals surface area contributed by atoms with Crippen molar-refractivity contribution in [2.45, 2.75) is 31.7 Å². The molecular formula is C7H14ClN. The first-order chi connectivity index (χ1) is 4.00. The molecule has 0 atom stereocenters. The molecule has 1 fully saturated rings. The van der Waals surface area contributed by atoms with E-state index in [0.29, 0.717) is 10.9 Å². The summed E-state index contributed by atoms with van der Waals surface area (Å²) < 4.78 is 0. The van der Waals surface area contributed by atoms with Crippen molar-refractivity contribution in [3.63, 3.8) is 0 Å². The third kappa shape index (κ3) is 1.59. The van der Waals surface area contributed by atoms with Crippen LogP contribution in [0, 0.1) is 0 Å². The molecule has 2 heteroatoms. The highest BCUT2D eigenvalue weighted by atomic mass is 35.5. The van der Waals surface area contributed by atoms with Gasteiger partial charge < -0.3 is 0 Å². The van der Waals surface area contributed by atoms with E-state index in [9.17, 15) is 0 Å². The van der Waals surface area contributed by atoms with Crippen molar-refractivity contribution in [2.75, 3.05) is 13.1 Å². The lowest BCUT2D eigenvalue weighted by molar-refractivity contribution is 0.0731. The minimum absolute atomic E-state index is 0.325. The first kappa shape index (κ1) is 7.36. The summed E-state index contributed by atoms with van der Waals surface area (Å²) in [4.78, 5) is 2.38. The molecule has 0 amide bonds. The number of halogens is 1. The molecule has 0 spiro atoms. The van der Waals surface area contributed by atoms with Gasteiger partial charge in [0.25, 0.3) is 0 Å². The molecule has 54 valence electrons. The normalized spacial score (nSPS) is 24.0. The molecule has 0 N–H and O–H groups in total. The number of alkyl halides is 1. The molecule has 0 aromatic heterocycles. The van der Waals surface area contributed by atoms with E-state index in [-0.39, 0.29) is 0 Å². The summed E-state index contributed by atoms with van der Waals surface area (Å²) >= 11 is 5.81. The van der Waals surface area contributed by atoms with Crippen LogP contribution in [0.25, 0.3) is 0 Å². The SMILES string of the molecule is CC(C)(C)N1CC(Cl)C1. The van der Waals surface area contributed by atoms with Crippen molar-refractivity contribution in [2.24, 2.45) is 0 Å². The van der Waals surface area contributed by atoms with Crippen LogP contribution in [0.3, 0.4) is 0 Å². The van der Waals surface area contributed by atoms with E-state index < -0.39 is 0 Å². The molecule has 0 aromatic rings. The minimum atomic E-state index is 0.325. The van der Waals surface area contributed by atoms with Crippen LogP contribution in [-0.4, -0.2) is 28.9 Å². The zero-order valence-electron chi connectivity index (χ0n) is 6.32. The second kappa shape index (κ2) is 2.14. The van der Waals surface area contributed by atoms with Crippen molar-refractivity contribution in [1.82, 2.24) is 4.90 Å². The maximum Gasteiger partial charge on any atom is 0.0590 e. The highest BCUT2D eigenvalue weighted by Gasteiger charge is 2.32. The zero-order chi connectivity index (χ0) is 7.07. The predicted octanol–water partition coefficient (Wildman–Crippen LogP) is 1.71. The van der Waals surface area contributed by atoms with Gasteiger partial charge in [-0.2, -0.15) is 0 Å². The Morgan fingerprint density at radius 1 is 1.33 bits per heavy atom. The highest BCUT2D eigenvalue weighted by molar-refractivity contribution is 6.21. The summed E-state index contributed by atoms with van der Waals surface area (Å²) in [6, 6.07) is 0. The van der Waals surface area contributed by atoms with Crippen LogP contribution in [0.4, 0.5) is 0 Å². The lowest BCUT2D eigenvalue weighted by Crippen LogP contribution is -2.56. The average molecular weight is 148 g/mol. The van der Waals surface area contributed by atoms with Crippen molar-refractivity contribution in [3.05, 3.63) is 0 Å². The number of rotatable bonds is 0. The largest absolute Gasteiger partial charge is 0.295 e. The molecule has 0 radical (unpaired) electrons. The van der Waals surface area contributed by atoms with Gasteiger partial charge in [-0.3, -0.25) is 4.90 Å². The average Bonchev–Trinajstić information content (AvgIpc) is 1.55. The van der Waals surface area contributed by atoms with Gasteiger partial charge >= 0.3 is 0 Å². The fourth-order valence-electron chi connectivity index (χ4n) is 0.973. The molecule has 0 aliphatic carbocycles. The van der Waals surface area contributed by atoms with Crippen LogP contribution < -0.4 is 0 Å². The molecule has 1 saturated heterocycles. The highest BCUT2D eigenvalue weighted by Crippen LogP contribution is 2.23. The van der Waals surface area contributed by atoms with Gasteiger partial charge in [-0.05, 0) is 20.8 Å². The van der Waals surface area contributed by atoms with Gasteiger partial charge in [-0.15, -0.1) is 11.6 Å². The maximum atomic E-state index is 5.81. The standard InChI is InChI=1S/C7H14ClN/c1-7(2,3)9-4-6(8)5-9/h6H,4-5H2,1-3H3. The quantitative estimate of drug-likeness (QED) is 0.472. The summed E-state index contributed by atoms with van der Waals surface area (Å²) in [5, 5.41) is 0.407. The Balaban J connectivity index is 2.32. The summed E-state index contributed by atoms with van der Waals surface area (Å²) in [5.74, 6) is 0. The van der Waals surface area contributed by atoms with E-state index >= 15 is 0 Å². The van der Waals surface area contributed by atoms with Crippen molar-refractivity contribution in [1.29, 1.82) is 0 Å². The molecule has 0 saturated carbocycles. The minimum Gasteiger partial charge on any atom is -0.295 e. The first-order valence-electron chi connectivity index (χ1n) is 3.39. The van der Waals surface area contributed by atoms with Crippen LogP contribution in [0.1, 0.15) is 20.8 Å². The van der Waals surface area contributed by atoms with E-state index in [0.717, 1.165) is 13.1 Å². The van der Waals surface area contributed by atoms with E-state index in [1.54, 1.807) is 0 Å². The van der Waals surface area contributed by atoms with Crippen molar-refractivity contribution in [3.8, 4) is 0 Å². The summed E-state index contributed by atoms with van der Waals surface area (Å²) in [6.45, 7) is 8.78. The number of hydrogen-bond donors (Lipinski definition) is 0. The third-order valence-corrected chi connectivity index (χ3v) is 2.06. The van der Waals surface area contributed by atoms with Crippen LogP contribution in [0.2, 0.25) is 0 Å². The van der Waals surface area contributed by atoms with Crippen LogP contribution in [0.15, 0.2) is 0 Å².